The van der Waals surface area contributed by atoms with E-state index in [1.54, 1.807) is 0 Å². The summed E-state index contributed by atoms with van der Waals surface area (Å²) in [6, 6.07) is 0.348. The molecule has 0 spiro atoms. The van der Waals surface area contributed by atoms with Gasteiger partial charge in [-0.1, -0.05) is 13.8 Å². The number of nitrogens with two attached hydrogens (primary N) is 1. The van der Waals surface area contributed by atoms with Crippen LogP contribution in [-0.2, 0) is 0 Å². The summed E-state index contributed by atoms with van der Waals surface area (Å²) in [5.41, 5.74) is 8.25. The Hall–Kier alpha value is -1.16. The molecule has 1 aliphatic rings. The first-order chi connectivity index (χ1) is 8.08. The fourth-order valence-electron chi connectivity index (χ4n) is 2.28. The Balaban J connectivity index is 2.19. The van der Waals surface area contributed by atoms with E-state index in [1.807, 2.05) is 6.20 Å². The Bertz CT molecular complexity index is 381. The largest absolute Gasteiger partial charge is 0.341 e. The van der Waals surface area contributed by atoms with Crippen molar-refractivity contribution in [3.05, 3.63) is 17.5 Å². The van der Waals surface area contributed by atoms with E-state index >= 15 is 0 Å². The highest BCUT2D eigenvalue weighted by Crippen LogP contribution is 2.20. The summed E-state index contributed by atoms with van der Waals surface area (Å²) in [6.45, 7) is 8.37. The lowest BCUT2D eigenvalue weighted by molar-refractivity contribution is 0.494. The molecule has 94 valence electrons. The molecule has 1 aromatic heterocycles. The van der Waals surface area contributed by atoms with Gasteiger partial charge in [-0.15, -0.1) is 0 Å². The summed E-state index contributed by atoms with van der Waals surface area (Å²) in [5, 5.41) is 0. The van der Waals surface area contributed by atoms with Gasteiger partial charge in [-0.05, 0) is 31.2 Å². The summed E-state index contributed by atoms with van der Waals surface area (Å²) in [7, 11) is 0. The molecule has 17 heavy (non-hydrogen) atoms. The molecule has 0 aromatic carbocycles. The number of nitrogens with zero attached hydrogens (tertiary/aromatic N) is 3. The Labute approximate surface area is 103 Å². The van der Waals surface area contributed by atoms with E-state index in [2.05, 4.69) is 30.7 Å². The monoisotopic (exact) mass is 234 g/mol. The zero-order valence-electron chi connectivity index (χ0n) is 11.0. The summed E-state index contributed by atoms with van der Waals surface area (Å²) in [6.07, 6.45) is 4.01. The second kappa shape index (κ2) is 5.00. The molecule has 2 N–H and O–H groups in total. The van der Waals surface area contributed by atoms with Gasteiger partial charge in [0, 0.05) is 25.3 Å². The van der Waals surface area contributed by atoms with Gasteiger partial charge in [0.15, 0.2) is 0 Å². The van der Waals surface area contributed by atoms with Crippen LogP contribution in [0.1, 0.15) is 43.9 Å². The molecule has 2 heterocycles. The first-order valence-corrected chi connectivity index (χ1v) is 6.42. The van der Waals surface area contributed by atoms with Gasteiger partial charge in [0.1, 0.15) is 0 Å². The molecule has 4 nitrogen and oxygen atoms in total. The zero-order chi connectivity index (χ0) is 12.4. The minimum Gasteiger partial charge on any atom is -0.341 e. The maximum absolute atomic E-state index is 5.91. The molecule has 4 heteroatoms. The van der Waals surface area contributed by atoms with Crippen LogP contribution in [0.2, 0.25) is 0 Å². The average Bonchev–Trinajstić information content (AvgIpc) is 2.30. The molecule has 0 saturated carbocycles. The highest BCUT2D eigenvalue weighted by molar-refractivity contribution is 5.34. The summed E-state index contributed by atoms with van der Waals surface area (Å²) >= 11 is 0. The maximum atomic E-state index is 5.91. The molecule has 0 unspecified atom stereocenters. The predicted octanol–water partition coefficient (Wildman–Crippen LogP) is 1.84. The van der Waals surface area contributed by atoms with Crippen molar-refractivity contribution >= 4 is 5.95 Å². The second-order valence-corrected chi connectivity index (χ2v) is 5.22. The summed E-state index contributed by atoms with van der Waals surface area (Å²) in [4.78, 5) is 11.4. The lowest BCUT2D eigenvalue weighted by Crippen LogP contribution is -2.40. The van der Waals surface area contributed by atoms with Crippen LogP contribution in [0, 0.1) is 6.92 Å². The Morgan fingerprint density at radius 1 is 1.35 bits per heavy atom. The number of aryl methyl sites for hydroxylation is 1. The third-order valence-corrected chi connectivity index (χ3v) is 3.37. The van der Waals surface area contributed by atoms with Crippen LogP contribution in [0.4, 0.5) is 5.95 Å². The van der Waals surface area contributed by atoms with Crippen molar-refractivity contribution in [1.82, 2.24) is 9.97 Å². The van der Waals surface area contributed by atoms with Crippen LogP contribution in [-0.4, -0.2) is 29.1 Å². The lowest BCUT2D eigenvalue weighted by atomic mass is 10.1. The van der Waals surface area contributed by atoms with Gasteiger partial charge >= 0.3 is 0 Å². The molecule has 2 rings (SSSR count). The molecular weight excluding hydrogens is 212 g/mol. The van der Waals surface area contributed by atoms with E-state index in [-0.39, 0.29) is 0 Å². The van der Waals surface area contributed by atoms with Crippen molar-refractivity contribution in [2.24, 2.45) is 5.73 Å². The predicted molar refractivity (Wildman–Crippen MR) is 70.3 cm³/mol. The number of aromatic nitrogens is 2. The molecule has 1 aromatic rings. The highest BCUT2D eigenvalue weighted by Gasteiger charge is 2.19. The lowest BCUT2D eigenvalue weighted by Gasteiger charge is -2.30. The van der Waals surface area contributed by atoms with Crippen molar-refractivity contribution in [2.75, 3.05) is 18.0 Å². The van der Waals surface area contributed by atoms with Crippen LogP contribution in [0.25, 0.3) is 0 Å². The van der Waals surface area contributed by atoms with Gasteiger partial charge in [-0.25, -0.2) is 9.97 Å². The second-order valence-electron chi connectivity index (χ2n) is 5.22. The van der Waals surface area contributed by atoms with Crippen molar-refractivity contribution in [2.45, 2.75) is 45.6 Å². The molecule has 0 aliphatic carbocycles. The summed E-state index contributed by atoms with van der Waals surface area (Å²) < 4.78 is 0. The van der Waals surface area contributed by atoms with E-state index in [1.165, 1.54) is 5.56 Å². The molecule has 0 radical (unpaired) electrons. The van der Waals surface area contributed by atoms with Gasteiger partial charge < -0.3 is 10.6 Å². The van der Waals surface area contributed by atoms with Crippen LogP contribution in [0.5, 0.6) is 0 Å². The first kappa shape index (κ1) is 12.3. The van der Waals surface area contributed by atoms with Gasteiger partial charge in [-0.2, -0.15) is 0 Å². The van der Waals surface area contributed by atoms with Gasteiger partial charge in [0.2, 0.25) is 5.95 Å². The number of hydrogen-bond donors (Lipinski definition) is 1. The minimum atomic E-state index is 0.348. The topological polar surface area (TPSA) is 55.0 Å². The number of anilines is 1. The van der Waals surface area contributed by atoms with Gasteiger partial charge in [0.05, 0.1) is 5.69 Å². The van der Waals surface area contributed by atoms with Crippen molar-refractivity contribution in [3.8, 4) is 0 Å². The van der Waals surface area contributed by atoms with Crippen molar-refractivity contribution in [1.29, 1.82) is 0 Å². The van der Waals surface area contributed by atoms with E-state index < -0.39 is 0 Å². The van der Waals surface area contributed by atoms with Crippen LogP contribution in [0.15, 0.2) is 6.20 Å². The quantitative estimate of drug-likeness (QED) is 0.848. The fourth-order valence-corrected chi connectivity index (χ4v) is 2.28. The van der Waals surface area contributed by atoms with Gasteiger partial charge in [0.25, 0.3) is 0 Å². The molecular formula is C13H22N4. The smallest absolute Gasteiger partial charge is 0.225 e. The minimum absolute atomic E-state index is 0.348. The normalized spacial score (nSPS) is 17.8. The molecule has 0 bridgehead atoms. The number of piperidine rings is 1. The molecule has 1 saturated heterocycles. The Morgan fingerprint density at radius 2 is 2.00 bits per heavy atom. The average molecular weight is 234 g/mol. The molecule has 0 atom stereocenters. The Morgan fingerprint density at radius 3 is 2.59 bits per heavy atom. The Kier molecular flexibility index (Phi) is 3.62. The third-order valence-electron chi connectivity index (χ3n) is 3.37. The van der Waals surface area contributed by atoms with E-state index in [9.17, 15) is 0 Å². The SMILES string of the molecule is Cc1cnc(N2CCC(N)CC2)nc1C(C)C. The van der Waals surface area contributed by atoms with Crippen molar-refractivity contribution < 1.29 is 0 Å². The molecule has 1 fully saturated rings. The van der Waals surface area contributed by atoms with Crippen molar-refractivity contribution in [3.63, 3.8) is 0 Å². The maximum Gasteiger partial charge on any atom is 0.225 e. The van der Waals surface area contributed by atoms with E-state index in [0.717, 1.165) is 37.6 Å². The first-order valence-electron chi connectivity index (χ1n) is 6.42. The van der Waals surface area contributed by atoms with Crippen LogP contribution in [0.3, 0.4) is 0 Å². The summed E-state index contributed by atoms with van der Waals surface area (Å²) in [5.74, 6) is 1.31. The number of rotatable bonds is 2. The molecule has 1 aliphatic heterocycles. The van der Waals surface area contributed by atoms with Gasteiger partial charge in [-0.3, -0.25) is 0 Å². The third kappa shape index (κ3) is 2.75. The highest BCUT2D eigenvalue weighted by atomic mass is 15.3. The van der Waals surface area contributed by atoms with E-state index in [4.69, 9.17) is 10.7 Å². The number of hydrogen-bond acceptors (Lipinski definition) is 4. The van der Waals surface area contributed by atoms with E-state index in [0.29, 0.717) is 12.0 Å². The molecule has 0 amide bonds. The standard InChI is InChI=1S/C13H22N4/c1-9(2)12-10(3)8-15-13(16-12)17-6-4-11(14)5-7-17/h8-9,11H,4-7,14H2,1-3H3. The van der Waals surface area contributed by atoms with Crippen LogP contribution >= 0.6 is 0 Å². The van der Waals surface area contributed by atoms with Crippen LogP contribution < -0.4 is 10.6 Å². The zero-order valence-corrected chi connectivity index (χ0v) is 11.0. The fraction of sp³-hybridized carbons (Fsp3) is 0.692.